The van der Waals surface area contributed by atoms with Crippen LogP contribution in [0, 0.1) is 0 Å². The van der Waals surface area contributed by atoms with E-state index in [1.54, 1.807) is 0 Å². The molecule has 0 aliphatic heterocycles. The summed E-state index contributed by atoms with van der Waals surface area (Å²) in [4.78, 5) is 4.83. The molecule has 12 aromatic carbocycles. The molecule has 2 heteroatoms. The zero-order valence-electron chi connectivity index (χ0n) is 37.6. The van der Waals surface area contributed by atoms with Crippen LogP contribution in [0.5, 0.6) is 0 Å². The Balaban J connectivity index is 0.836. The predicted octanol–water partition coefficient (Wildman–Crippen LogP) is 18.8. The van der Waals surface area contributed by atoms with Crippen molar-refractivity contribution < 1.29 is 0 Å². The average molecular weight is 867 g/mol. The fourth-order valence-corrected chi connectivity index (χ4v) is 10.8. The molecule has 1 aliphatic rings. The monoisotopic (exact) mass is 866 g/mol. The Morgan fingerprint density at radius 2 is 0.618 bits per heavy atom. The van der Waals surface area contributed by atoms with Crippen molar-refractivity contribution in [3.05, 3.63) is 261 Å². The second-order valence-electron chi connectivity index (χ2n) is 17.9. The number of para-hydroxylation sites is 1. The summed E-state index contributed by atoms with van der Waals surface area (Å²) in [7, 11) is 0. The van der Waals surface area contributed by atoms with Crippen LogP contribution in [0.1, 0.15) is 12.8 Å². The molecule has 0 N–H and O–H groups in total. The van der Waals surface area contributed by atoms with Crippen LogP contribution >= 0.6 is 0 Å². The van der Waals surface area contributed by atoms with E-state index >= 15 is 0 Å². The lowest BCUT2D eigenvalue weighted by atomic mass is 9.93. The fraction of sp³-hybridized carbons (Fsp3) is 0.0303. The van der Waals surface area contributed by atoms with Crippen LogP contribution in [0.3, 0.4) is 0 Å². The highest BCUT2D eigenvalue weighted by Crippen LogP contribution is 2.43. The Morgan fingerprint density at radius 1 is 0.250 bits per heavy atom. The molecule has 0 radical (unpaired) electrons. The van der Waals surface area contributed by atoms with Gasteiger partial charge < -0.3 is 9.80 Å². The van der Waals surface area contributed by atoms with E-state index in [9.17, 15) is 0 Å². The van der Waals surface area contributed by atoms with Gasteiger partial charge in [-0.3, -0.25) is 0 Å². The highest BCUT2D eigenvalue weighted by molar-refractivity contribution is 6.27. The van der Waals surface area contributed by atoms with Crippen molar-refractivity contribution in [3.63, 3.8) is 0 Å². The summed E-state index contributed by atoms with van der Waals surface area (Å²) < 4.78 is 0. The zero-order chi connectivity index (χ0) is 45.0. The van der Waals surface area contributed by atoms with E-state index in [-0.39, 0.29) is 0 Å². The number of anilines is 5. The summed E-state index contributed by atoms with van der Waals surface area (Å²) >= 11 is 0. The Hall–Kier alpha value is -8.72. The first-order chi connectivity index (χ1) is 33.7. The molecule has 0 aromatic heterocycles. The van der Waals surface area contributed by atoms with Gasteiger partial charge in [-0.25, -0.2) is 0 Å². The molecule has 0 bridgehead atoms. The Bertz CT molecular complexity index is 3890. The lowest BCUT2D eigenvalue weighted by Gasteiger charge is -2.29. The molecule has 0 unspecified atom stereocenters. The summed E-state index contributed by atoms with van der Waals surface area (Å²) in [6.45, 7) is 0. The first-order valence-corrected chi connectivity index (χ1v) is 23.7. The molecule has 0 saturated carbocycles. The van der Waals surface area contributed by atoms with Gasteiger partial charge in [0.25, 0.3) is 0 Å². The predicted molar refractivity (Wildman–Crippen MR) is 292 cm³/mol. The van der Waals surface area contributed by atoms with Gasteiger partial charge in [-0.1, -0.05) is 182 Å². The molecule has 68 heavy (non-hydrogen) atoms. The lowest BCUT2D eigenvalue weighted by molar-refractivity contribution is 0.918. The van der Waals surface area contributed by atoms with Gasteiger partial charge in [0.15, 0.2) is 0 Å². The van der Waals surface area contributed by atoms with E-state index in [0.717, 1.165) is 35.6 Å². The molecule has 1 aliphatic carbocycles. The molecular weight excluding hydrogens is 821 g/mol. The third-order valence-corrected chi connectivity index (χ3v) is 14.0. The van der Waals surface area contributed by atoms with E-state index in [0.29, 0.717) is 0 Å². The quantitative estimate of drug-likeness (QED) is 0.140. The maximum Gasteiger partial charge on any atom is 0.0468 e. The maximum atomic E-state index is 2.45. The van der Waals surface area contributed by atoms with Gasteiger partial charge in [-0.15, -0.1) is 0 Å². The van der Waals surface area contributed by atoms with E-state index in [1.165, 1.54) is 98.3 Å². The number of allylic oxidation sites excluding steroid dienone is 4. The second-order valence-corrected chi connectivity index (χ2v) is 17.9. The first kappa shape index (κ1) is 39.6. The smallest absolute Gasteiger partial charge is 0.0468 e. The molecule has 0 heterocycles. The SMILES string of the molecule is C1=CCCC(N(c2ccc(-c3cccc(-c4ccc(N(c5ccccc5)c5ccc6c7ccccc7c7ccccc7c6c5)cc4)c3)cc2)c2ccc3c4ccccc4c4ccccc4c3c2)=C1. The van der Waals surface area contributed by atoms with Gasteiger partial charge in [-0.2, -0.15) is 0 Å². The zero-order valence-corrected chi connectivity index (χ0v) is 37.6. The van der Waals surface area contributed by atoms with Gasteiger partial charge in [0.2, 0.25) is 0 Å². The van der Waals surface area contributed by atoms with Crippen molar-refractivity contribution in [2.75, 3.05) is 9.80 Å². The van der Waals surface area contributed by atoms with Crippen LogP contribution in [-0.4, -0.2) is 0 Å². The molecule has 0 amide bonds. The highest BCUT2D eigenvalue weighted by Gasteiger charge is 2.19. The fourth-order valence-electron chi connectivity index (χ4n) is 10.8. The third kappa shape index (κ3) is 6.81. The van der Waals surface area contributed by atoms with E-state index < -0.39 is 0 Å². The van der Waals surface area contributed by atoms with Crippen molar-refractivity contribution in [1.82, 2.24) is 0 Å². The van der Waals surface area contributed by atoms with E-state index in [4.69, 9.17) is 0 Å². The van der Waals surface area contributed by atoms with E-state index in [1.807, 2.05) is 0 Å². The summed E-state index contributed by atoms with van der Waals surface area (Å²) in [6, 6.07) is 87.0. The minimum absolute atomic E-state index is 0.982. The third-order valence-electron chi connectivity index (χ3n) is 14.0. The van der Waals surface area contributed by atoms with Crippen molar-refractivity contribution in [2.24, 2.45) is 0 Å². The van der Waals surface area contributed by atoms with Crippen LogP contribution in [0.4, 0.5) is 28.4 Å². The molecule has 0 saturated heterocycles. The number of rotatable bonds is 8. The van der Waals surface area contributed by atoms with Crippen LogP contribution in [-0.2, 0) is 0 Å². The molecule has 0 fully saturated rings. The van der Waals surface area contributed by atoms with Crippen LogP contribution in [0.2, 0.25) is 0 Å². The second kappa shape index (κ2) is 16.6. The summed E-state index contributed by atoms with van der Waals surface area (Å²) in [5.74, 6) is 0. The van der Waals surface area contributed by atoms with Crippen LogP contribution < -0.4 is 9.80 Å². The molecule has 2 nitrogen and oxygen atoms in total. The largest absolute Gasteiger partial charge is 0.314 e. The first-order valence-electron chi connectivity index (χ1n) is 23.7. The topological polar surface area (TPSA) is 6.48 Å². The molecular formula is C66H46N2. The number of hydrogen-bond acceptors (Lipinski definition) is 2. The minimum atomic E-state index is 0.982. The summed E-state index contributed by atoms with van der Waals surface area (Å²) in [6.07, 6.45) is 8.75. The van der Waals surface area contributed by atoms with Gasteiger partial charge in [0.05, 0.1) is 0 Å². The summed E-state index contributed by atoms with van der Waals surface area (Å²) in [5.41, 5.74) is 11.7. The van der Waals surface area contributed by atoms with Gasteiger partial charge in [0, 0.05) is 34.1 Å². The normalized spacial score (nSPS) is 12.6. The number of benzene rings is 12. The Labute approximate surface area is 396 Å². The molecule has 0 spiro atoms. The standard InChI is InChI=1S/C66H46N2/c1-3-18-49(19-4-1)67(53-38-40-63-59-26-9-7-22-55(59)57-24-11-13-28-61(57)65(63)43-53)51-34-30-45(31-35-51)47-16-15-17-48(42-47)46-32-36-52(37-33-46)68(50-20-5-2-6-21-50)54-39-41-64-60-27-10-8-23-56(60)58-25-12-14-29-62(58)66(64)44-54/h1-5,7-20,22-44H,6,21H2. The average Bonchev–Trinajstić information content (AvgIpc) is 3.42. The number of hydrogen-bond donors (Lipinski definition) is 0. The lowest BCUT2D eigenvalue weighted by Crippen LogP contribution is -2.17. The van der Waals surface area contributed by atoms with Crippen molar-refractivity contribution in [3.8, 4) is 22.3 Å². The molecule has 320 valence electrons. The highest BCUT2D eigenvalue weighted by atomic mass is 15.2. The number of nitrogens with zero attached hydrogens (tertiary/aromatic N) is 2. The van der Waals surface area contributed by atoms with Crippen molar-refractivity contribution in [1.29, 1.82) is 0 Å². The van der Waals surface area contributed by atoms with Gasteiger partial charge in [0.1, 0.15) is 0 Å². The molecule has 13 rings (SSSR count). The summed E-state index contributed by atoms with van der Waals surface area (Å²) in [5, 5.41) is 15.4. The Morgan fingerprint density at radius 3 is 1.06 bits per heavy atom. The minimum Gasteiger partial charge on any atom is -0.314 e. The van der Waals surface area contributed by atoms with Gasteiger partial charge in [-0.05, 0) is 173 Å². The number of fused-ring (bicyclic) bond motifs is 12. The maximum absolute atomic E-state index is 2.45. The van der Waals surface area contributed by atoms with Crippen LogP contribution in [0.25, 0.3) is 86.9 Å². The van der Waals surface area contributed by atoms with Gasteiger partial charge >= 0.3 is 0 Å². The molecule has 12 aromatic rings. The van der Waals surface area contributed by atoms with E-state index in [2.05, 4.69) is 265 Å². The molecule has 0 atom stereocenters. The van der Waals surface area contributed by atoms with Crippen molar-refractivity contribution >= 4 is 93.1 Å². The van der Waals surface area contributed by atoms with Crippen molar-refractivity contribution in [2.45, 2.75) is 12.8 Å². The van der Waals surface area contributed by atoms with Crippen LogP contribution in [0.15, 0.2) is 261 Å². The Kier molecular flexibility index (Phi) is 9.68.